The van der Waals surface area contributed by atoms with Gasteiger partial charge in [-0.15, -0.1) is 0 Å². The van der Waals surface area contributed by atoms with Gasteiger partial charge >= 0.3 is 0 Å². The van der Waals surface area contributed by atoms with E-state index in [0.29, 0.717) is 6.42 Å². The Morgan fingerprint density at radius 1 is 0.818 bits per heavy atom. The topological polar surface area (TPSA) is 86.8 Å². The molecule has 7 nitrogen and oxygen atoms in total. The second-order valence-electron chi connectivity index (χ2n) is 10.8. The third-order valence-corrected chi connectivity index (χ3v) is 9.57. The normalized spacial score (nSPS) is 12.6. The molecule has 230 valence electrons. The summed E-state index contributed by atoms with van der Waals surface area (Å²) in [6, 6.07) is 30.6. The fourth-order valence-corrected chi connectivity index (χ4v) is 6.51. The van der Waals surface area contributed by atoms with E-state index in [2.05, 4.69) is 5.32 Å². The number of hydrogen-bond donors (Lipinski definition) is 1. The summed E-state index contributed by atoms with van der Waals surface area (Å²) in [6.45, 7) is 5.40. The molecule has 0 bridgehead atoms. The Morgan fingerprint density at radius 3 is 2.02 bits per heavy atom. The third kappa shape index (κ3) is 8.27. The summed E-state index contributed by atoms with van der Waals surface area (Å²) in [7, 11) is -4.21. The average Bonchev–Trinajstić information content (AvgIpc) is 3.03. The molecule has 0 fully saturated rings. The van der Waals surface area contributed by atoms with Gasteiger partial charge in [0.05, 0.1) is 15.6 Å². The number of benzene rings is 4. The summed E-state index contributed by atoms with van der Waals surface area (Å²) < 4.78 is 29.1. The number of nitrogens with one attached hydrogen (secondary N) is 1. The van der Waals surface area contributed by atoms with Crippen molar-refractivity contribution < 1.29 is 18.0 Å². The van der Waals surface area contributed by atoms with Crippen molar-refractivity contribution in [3.8, 4) is 0 Å². The van der Waals surface area contributed by atoms with Gasteiger partial charge in [0.1, 0.15) is 12.6 Å². The zero-order valence-corrected chi connectivity index (χ0v) is 26.8. The van der Waals surface area contributed by atoms with Crippen molar-refractivity contribution in [2.75, 3.05) is 10.8 Å². The number of aryl methyl sites for hydroxylation is 1. The number of anilines is 1. The molecule has 1 N–H and O–H groups in total. The first kappa shape index (κ1) is 32.8. The Balaban J connectivity index is 1.81. The number of sulfonamides is 1. The maximum atomic E-state index is 14.5. The van der Waals surface area contributed by atoms with Crippen molar-refractivity contribution in [2.24, 2.45) is 0 Å². The second-order valence-corrected chi connectivity index (χ2v) is 13.1. The third-order valence-electron chi connectivity index (χ3n) is 7.48. The number of halogens is 1. The number of hydrogen-bond acceptors (Lipinski definition) is 4. The van der Waals surface area contributed by atoms with Gasteiger partial charge in [0, 0.05) is 19.0 Å². The molecule has 0 unspecified atom stereocenters. The Kier molecular flexibility index (Phi) is 11.2. The van der Waals surface area contributed by atoms with E-state index < -0.39 is 28.5 Å². The lowest BCUT2D eigenvalue weighted by atomic mass is 10.0. The largest absolute Gasteiger partial charge is 0.352 e. The minimum absolute atomic E-state index is 0.0214. The molecule has 2 atom stereocenters. The maximum Gasteiger partial charge on any atom is 0.264 e. The molecular formula is C35H38ClN3O4S. The fourth-order valence-electron chi connectivity index (χ4n) is 4.77. The first-order chi connectivity index (χ1) is 21.1. The Labute approximate surface area is 265 Å². The van der Waals surface area contributed by atoms with E-state index in [0.717, 1.165) is 21.0 Å². The molecule has 0 aromatic heterocycles. The van der Waals surface area contributed by atoms with Crippen molar-refractivity contribution in [3.63, 3.8) is 0 Å². The van der Waals surface area contributed by atoms with E-state index in [1.54, 1.807) is 42.5 Å². The average molecular weight is 632 g/mol. The van der Waals surface area contributed by atoms with Crippen LogP contribution >= 0.6 is 11.6 Å². The van der Waals surface area contributed by atoms with Crippen LogP contribution in [0.25, 0.3) is 0 Å². The SMILES string of the molecule is CC[C@@H](C)NC(=O)[C@@H](Cc1ccccc1)N(Cc1ccc(C)cc1)C(=O)CN(c1ccccc1Cl)S(=O)(=O)c1ccccc1. The van der Waals surface area contributed by atoms with Gasteiger partial charge < -0.3 is 10.2 Å². The van der Waals surface area contributed by atoms with Crippen LogP contribution in [-0.4, -0.2) is 43.8 Å². The Hall–Kier alpha value is -4.14. The number of amides is 2. The van der Waals surface area contributed by atoms with Gasteiger partial charge in [-0.2, -0.15) is 0 Å². The number of para-hydroxylation sites is 1. The lowest BCUT2D eigenvalue weighted by Gasteiger charge is -2.34. The molecule has 0 aliphatic rings. The van der Waals surface area contributed by atoms with Crippen LogP contribution in [0.5, 0.6) is 0 Å². The summed E-state index contributed by atoms with van der Waals surface area (Å²) in [4.78, 5) is 29.9. The van der Waals surface area contributed by atoms with Gasteiger partial charge in [-0.1, -0.05) is 109 Å². The lowest BCUT2D eigenvalue weighted by Crippen LogP contribution is -2.54. The van der Waals surface area contributed by atoms with Crippen LogP contribution in [0.15, 0.2) is 114 Å². The van der Waals surface area contributed by atoms with E-state index in [4.69, 9.17) is 11.6 Å². The van der Waals surface area contributed by atoms with Gasteiger partial charge in [-0.05, 0) is 55.7 Å². The number of rotatable bonds is 13. The predicted molar refractivity (Wildman–Crippen MR) is 176 cm³/mol. The van der Waals surface area contributed by atoms with Gasteiger partial charge in [-0.3, -0.25) is 13.9 Å². The van der Waals surface area contributed by atoms with Crippen molar-refractivity contribution in [2.45, 2.75) is 57.1 Å². The molecule has 0 aliphatic carbocycles. The minimum Gasteiger partial charge on any atom is -0.352 e. The van der Waals surface area contributed by atoms with Gasteiger partial charge in [0.25, 0.3) is 10.0 Å². The van der Waals surface area contributed by atoms with E-state index >= 15 is 0 Å². The number of carbonyl (C=O) groups is 2. The monoisotopic (exact) mass is 631 g/mol. The first-order valence-electron chi connectivity index (χ1n) is 14.6. The van der Waals surface area contributed by atoms with Gasteiger partial charge in [0.15, 0.2) is 0 Å². The van der Waals surface area contributed by atoms with Crippen molar-refractivity contribution >= 4 is 39.1 Å². The molecule has 0 aliphatic heterocycles. The van der Waals surface area contributed by atoms with E-state index in [1.165, 1.54) is 17.0 Å². The first-order valence-corrected chi connectivity index (χ1v) is 16.4. The zero-order chi connectivity index (χ0) is 31.7. The van der Waals surface area contributed by atoms with Crippen LogP contribution in [0.2, 0.25) is 5.02 Å². The predicted octanol–water partition coefficient (Wildman–Crippen LogP) is 6.40. The molecule has 4 aromatic rings. The highest BCUT2D eigenvalue weighted by atomic mass is 35.5. The van der Waals surface area contributed by atoms with E-state index in [9.17, 15) is 18.0 Å². The van der Waals surface area contributed by atoms with E-state index in [-0.39, 0.29) is 40.5 Å². The molecular weight excluding hydrogens is 594 g/mol. The summed E-state index contributed by atoms with van der Waals surface area (Å²) in [5, 5.41) is 3.23. The molecule has 0 spiro atoms. The van der Waals surface area contributed by atoms with Crippen molar-refractivity contribution in [1.29, 1.82) is 0 Å². The second kappa shape index (κ2) is 15.0. The highest BCUT2D eigenvalue weighted by molar-refractivity contribution is 7.92. The van der Waals surface area contributed by atoms with Crippen LogP contribution in [0.4, 0.5) is 5.69 Å². The highest BCUT2D eigenvalue weighted by Gasteiger charge is 2.35. The van der Waals surface area contributed by atoms with Crippen molar-refractivity contribution in [3.05, 3.63) is 131 Å². The number of carbonyl (C=O) groups excluding carboxylic acids is 2. The number of nitrogens with zero attached hydrogens (tertiary/aromatic N) is 2. The standard InChI is InChI=1S/C35H38ClN3O4S/c1-4-27(3)37-35(41)33(23-28-13-7-5-8-14-28)38(24-29-21-19-26(2)20-22-29)34(40)25-39(32-18-12-11-17-31(32)36)44(42,43)30-15-9-6-10-16-30/h5-22,27,33H,4,23-25H2,1-3H3,(H,37,41)/t27-,33-/m1/s1. The quantitative estimate of drug-likeness (QED) is 0.185. The van der Waals surface area contributed by atoms with E-state index in [1.807, 2.05) is 75.4 Å². The highest BCUT2D eigenvalue weighted by Crippen LogP contribution is 2.31. The molecule has 0 saturated carbocycles. The van der Waals surface area contributed by atoms with Crippen LogP contribution in [0, 0.1) is 6.92 Å². The van der Waals surface area contributed by atoms with Crippen LogP contribution in [-0.2, 0) is 32.6 Å². The summed E-state index contributed by atoms with van der Waals surface area (Å²) in [6.07, 6.45) is 0.962. The summed E-state index contributed by atoms with van der Waals surface area (Å²) in [5.74, 6) is -0.843. The molecule has 4 aromatic carbocycles. The van der Waals surface area contributed by atoms with Gasteiger partial charge in [0.2, 0.25) is 11.8 Å². The summed E-state index contributed by atoms with van der Waals surface area (Å²) in [5.41, 5.74) is 2.91. The fraction of sp³-hybridized carbons (Fsp3) is 0.257. The summed E-state index contributed by atoms with van der Waals surface area (Å²) >= 11 is 6.52. The molecule has 4 rings (SSSR count). The maximum absolute atomic E-state index is 14.5. The van der Waals surface area contributed by atoms with Crippen LogP contribution in [0.3, 0.4) is 0 Å². The van der Waals surface area contributed by atoms with Crippen LogP contribution in [0.1, 0.15) is 37.0 Å². The molecule has 0 saturated heterocycles. The molecule has 44 heavy (non-hydrogen) atoms. The molecule has 9 heteroatoms. The van der Waals surface area contributed by atoms with Gasteiger partial charge in [-0.25, -0.2) is 8.42 Å². The Morgan fingerprint density at radius 2 is 1.41 bits per heavy atom. The zero-order valence-electron chi connectivity index (χ0n) is 25.2. The van der Waals surface area contributed by atoms with Crippen molar-refractivity contribution in [1.82, 2.24) is 10.2 Å². The van der Waals surface area contributed by atoms with Crippen LogP contribution < -0.4 is 9.62 Å². The lowest BCUT2D eigenvalue weighted by molar-refractivity contribution is -0.140. The molecule has 0 radical (unpaired) electrons. The molecule has 2 amide bonds. The molecule has 0 heterocycles. The minimum atomic E-state index is -4.21. The Bertz CT molecular complexity index is 1650. The smallest absolute Gasteiger partial charge is 0.264 e.